The van der Waals surface area contributed by atoms with Gasteiger partial charge in [0.1, 0.15) is 6.92 Å². The van der Waals surface area contributed by atoms with Gasteiger partial charge in [-0.1, -0.05) is 12.1 Å². The predicted octanol–water partition coefficient (Wildman–Crippen LogP) is 1.32. The zero-order valence-electron chi connectivity index (χ0n) is 7.13. The first-order valence-corrected chi connectivity index (χ1v) is 3.31. The maximum atomic E-state index is 8.89. The molecule has 0 aromatic heterocycles. The number of hydrogen-bond acceptors (Lipinski definition) is 2. The Labute approximate surface area is 73.6 Å². The van der Waals surface area contributed by atoms with E-state index in [0.717, 1.165) is 6.42 Å². The molecule has 0 aliphatic heterocycles. The van der Waals surface area contributed by atoms with E-state index in [1.54, 1.807) is 12.1 Å². The summed E-state index contributed by atoms with van der Waals surface area (Å²) in [7, 11) is 0. The number of aromatic hydroxyl groups is 1. The summed E-state index contributed by atoms with van der Waals surface area (Å²) in [6, 6.07) is 7.10. The largest absolute Gasteiger partial charge is 0.508 e. The molecule has 0 saturated heterocycles. The van der Waals surface area contributed by atoms with Crippen LogP contribution >= 0.6 is 12.3 Å². The fourth-order valence-electron chi connectivity index (χ4n) is 0.829. The van der Waals surface area contributed by atoms with Crippen LogP contribution in [0.4, 0.5) is 0 Å². The van der Waals surface area contributed by atoms with Gasteiger partial charge in [0.2, 0.25) is 0 Å². The van der Waals surface area contributed by atoms with Crippen molar-refractivity contribution in [3.63, 3.8) is 0 Å². The normalized spacial score (nSPS) is 9.45. The lowest BCUT2D eigenvalue weighted by Gasteiger charge is -1.96. The fraction of sp³-hybridized carbons (Fsp3) is 0.250. The predicted molar refractivity (Wildman–Crippen MR) is 48.1 cm³/mol. The number of nitrogens with two attached hydrogens (primary N) is 1. The quantitative estimate of drug-likeness (QED) is 0.711. The molecule has 1 aromatic rings. The molecule has 0 atom stereocenters. The van der Waals surface area contributed by atoms with E-state index in [1.165, 1.54) is 5.56 Å². The molecule has 3 N–H and O–H groups in total. The van der Waals surface area contributed by atoms with Gasteiger partial charge < -0.3 is 10.8 Å². The van der Waals surface area contributed by atoms with Gasteiger partial charge in [-0.05, 0) is 30.7 Å². The summed E-state index contributed by atoms with van der Waals surface area (Å²) in [4.78, 5) is 0. The molecule has 1 rings (SSSR count). The van der Waals surface area contributed by atoms with Crippen LogP contribution in [-0.2, 0) is 6.42 Å². The van der Waals surface area contributed by atoms with E-state index in [1.807, 2.05) is 12.1 Å². The van der Waals surface area contributed by atoms with Gasteiger partial charge >= 0.3 is 0 Å². The van der Waals surface area contributed by atoms with Crippen LogP contribution in [0, 0.1) is 0 Å². The van der Waals surface area contributed by atoms with E-state index in [9.17, 15) is 0 Å². The van der Waals surface area contributed by atoms with Crippen molar-refractivity contribution in [2.24, 2.45) is 5.73 Å². The van der Waals surface area contributed by atoms with Gasteiger partial charge in [0, 0.05) is 0 Å². The number of halogens is 1. The molecule has 0 unspecified atom stereocenters. The summed E-state index contributed by atoms with van der Waals surface area (Å²) < 4.78 is 5.22. The second-order valence-corrected chi connectivity index (χ2v) is 2.21. The molecular weight excluding hydrogens is 162 g/mol. The summed E-state index contributed by atoms with van der Waals surface area (Å²) in [5, 5.41) is 8.89. The zero-order valence-corrected chi connectivity index (χ0v) is 6.88. The second-order valence-electron chi connectivity index (χ2n) is 2.21. The highest BCUT2D eigenvalue weighted by Crippen LogP contribution is 2.09. The van der Waals surface area contributed by atoms with Crippen LogP contribution in [0.15, 0.2) is 24.3 Å². The Morgan fingerprint density at radius 1 is 1.36 bits per heavy atom. The molecule has 0 radical (unpaired) electrons. The summed E-state index contributed by atoms with van der Waals surface area (Å²) in [5.41, 5.74) is 6.50. The number of rotatable bonds is 2. The van der Waals surface area contributed by atoms with Gasteiger partial charge in [-0.3, -0.25) is 0 Å². The van der Waals surface area contributed by atoms with Crippen LogP contribution in [0.25, 0.3) is 0 Å². The molecule has 0 spiro atoms. The third-order valence-corrected chi connectivity index (χ3v) is 1.37. The summed E-state index contributed by atoms with van der Waals surface area (Å²) in [6.07, 6.45) is 0.875. The minimum Gasteiger partial charge on any atom is -0.508 e. The van der Waals surface area contributed by atoms with Crippen molar-refractivity contribution >= 4 is 12.3 Å². The highest BCUT2D eigenvalue weighted by atomic mass is 35.5. The molecule has 0 amide bonds. The van der Waals surface area contributed by atoms with Crippen LogP contribution in [-0.4, -0.2) is 12.8 Å². The average molecular weight is 175 g/mol. The van der Waals surface area contributed by atoms with Crippen LogP contribution in [0.2, 0.25) is 0 Å². The second kappa shape index (κ2) is 4.99. The Morgan fingerprint density at radius 3 is 2.36 bits per heavy atom. The molecule has 0 fully saturated rings. The van der Waals surface area contributed by atoms with Crippen LogP contribution in [0.5, 0.6) is 5.75 Å². The van der Waals surface area contributed by atoms with Gasteiger partial charge in [-0.15, -0.1) is 12.3 Å². The molecule has 2 nitrogen and oxygen atoms in total. The first-order chi connectivity index (χ1) is 5.83. The van der Waals surface area contributed by atoms with Crippen molar-refractivity contribution < 1.29 is 5.11 Å². The van der Waals surface area contributed by atoms with Crippen LogP contribution in [0.1, 0.15) is 5.56 Å². The highest BCUT2D eigenvalue weighted by Gasteiger charge is 1.89. The Hall–Kier alpha value is -0.730. The van der Waals surface area contributed by atoms with E-state index in [2.05, 4.69) is 12.3 Å². The van der Waals surface area contributed by atoms with E-state index in [4.69, 9.17) is 12.0 Å². The van der Waals surface area contributed by atoms with Crippen molar-refractivity contribution in [1.82, 2.24) is 0 Å². The molecule has 0 aliphatic rings. The molecule has 0 heterocycles. The topological polar surface area (TPSA) is 46.2 Å². The maximum absolute atomic E-state index is 8.89. The lowest BCUT2D eigenvalue weighted by atomic mass is 10.1. The van der Waals surface area contributed by atoms with Crippen molar-refractivity contribution in [2.75, 3.05) is 6.54 Å². The van der Waals surface area contributed by atoms with Gasteiger partial charge in [-0.2, -0.15) is 0 Å². The van der Waals surface area contributed by atoms with Gasteiger partial charge in [-0.25, -0.2) is 0 Å². The highest BCUT2D eigenvalue weighted by molar-refractivity contribution is 5.85. The molecule has 11 heavy (non-hydrogen) atoms. The van der Waals surface area contributed by atoms with E-state index >= 15 is 0 Å². The molecule has 62 valence electrons. The first kappa shape index (κ1) is 8.37. The molecule has 0 saturated carbocycles. The SMILES string of the molecule is NCCc1ccc(O)cc1.[2H]Cl. The molecule has 3 heteroatoms. The molecule has 1 aromatic carbocycles. The summed E-state index contributed by atoms with van der Waals surface area (Å²) in [6.45, 7) is 0.658. The monoisotopic (exact) mass is 174 g/mol. The first-order valence-electron chi connectivity index (χ1n) is 3.68. The number of phenolic OH excluding ortho intramolecular Hbond substituents is 1. The zero-order chi connectivity index (χ0) is 9.40. The standard InChI is InChI=1S/C8H11NO.ClH/c9-6-5-7-1-3-8(10)4-2-7;/h1-4,10H,5-6,9H2;1H/i/hD. The Bertz CT molecular complexity index is 203. The van der Waals surface area contributed by atoms with E-state index < -0.39 is 0 Å². The number of hydrogen-bond donors (Lipinski definition) is 2. The van der Waals surface area contributed by atoms with Gasteiger partial charge in [0.15, 0.2) is 0 Å². The minimum atomic E-state index is 0.306. The number of benzene rings is 1. The third-order valence-electron chi connectivity index (χ3n) is 1.37. The maximum Gasteiger partial charge on any atom is 0.147 e. The van der Waals surface area contributed by atoms with E-state index in [-0.39, 0.29) is 0 Å². The Morgan fingerprint density at radius 2 is 1.91 bits per heavy atom. The lowest BCUT2D eigenvalue weighted by molar-refractivity contribution is 0.475. The average Bonchev–Trinajstić information content (AvgIpc) is 2.13. The third kappa shape index (κ3) is 3.25. The Kier molecular flexibility index (Phi) is 3.80. The summed E-state index contributed by atoms with van der Waals surface area (Å²) in [5.74, 6) is 0.306. The van der Waals surface area contributed by atoms with Gasteiger partial charge in [0.05, 0.1) is 0 Å². The lowest BCUT2D eigenvalue weighted by Crippen LogP contribution is -2.01. The van der Waals surface area contributed by atoms with Gasteiger partial charge in [0.25, 0.3) is 0 Å². The number of phenols is 1. The molecule has 0 bridgehead atoms. The van der Waals surface area contributed by atoms with Crippen molar-refractivity contribution in [1.29, 1.82) is 1.17 Å². The van der Waals surface area contributed by atoms with Crippen molar-refractivity contribution in [2.45, 2.75) is 6.42 Å². The smallest absolute Gasteiger partial charge is 0.147 e. The minimum absolute atomic E-state index is 0.306. The van der Waals surface area contributed by atoms with Crippen LogP contribution < -0.4 is 5.73 Å². The Balaban J connectivity index is 0.000000561. The van der Waals surface area contributed by atoms with Crippen molar-refractivity contribution in [3.8, 4) is 5.75 Å². The fourth-order valence-corrected chi connectivity index (χ4v) is 0.829. The molecule has 0 aliphatic carbocycles. The van der Waals surface area contributed by atoms with Crippen molar-refractivity contribution in [3.05, 3.63) is 29.8 Å². The van der Waals surface area contributed by atoms with E-state index in [0.29, 0.717) is 12.3 Å². The van der Waals surface area contributed by atoms with Crippen LogP contribution in [0.3, 0.4) is 0 Å². The molecular formula is C8H12ClNO. The summed E-state index contributed by atoms with van der Waals surface area (Å²) >= 11 is 3.89.